The molecule has 0 unspecified atom stereocenters. The van der Waals surface area contributed by atoms with Crippen molar-refractivity contribution >= 4 is 28.8 Å². The van der Waals surface area contributed by atoms with Crippen LogP contribution in [0, 0.1) is 6.92 Å². The van der Waals surface area contributed by atoms with Gasteiger partial charge in [-0.05, 0) is 55.0 Å². The van der Waals surface area contributed by atoms with E-state index < -0.39 is 0 Å². The number of rotatable bonds is 4. The first-order chi connectivity index (χ1) is 12.7. The molecular formula is C21H16N2O3. The van der Waals surface area contributed by atoms with Crippen molar-refractivity contribution in [1.82, 2.24) is 4.98 Å². The number of amides is 1. The van der Waals surface area contributed by atoms with Crippen LogP contribution < -0.4 is 5.32 Å². The maximum Gasteiger partial charge on any atom is 0.248 e. The van der Waals surface area contributed by atoms with Crippen molar-refractivity contribution in [2.24, 2.45) is 0 Å². The summed E-state index contributed by atoms with van der Waals surface area (Å²) in [6.07, 6.45) is 4.62. The fourth-order valence-electron chi connectivity index (χ4n) is 2.71. The molecule has 0 radical (unpaired) electrons. The van der Waals surface area contributed by atoms with E-state index >= 15 is 0 Å². The summed E-state index contributed by atoms with van der Waals surface area (Å²) in [5.41, 5.74) is 3.97. The third-order valence-corrected chi connectivity index (χ3v) is 4.06. The molecule has 5 nitrogen and oxygen atoms in total. The molecule has 4 rings (SSSR count). The first-order valence-electron chi connectivity index (χ1n) is 8.19. The van der Waals surface area contributed by atoms with E-state index in [9.17, 15) is 4.79 Å². The molecule has 0 saturated heterocycles. The van der Waals surface area contributed by atoms with Gasteiger partial charge in [-0.15, -0.1) is 0 Å². The number of carbonyl (C=O) groups excluding carboxylic acids is 1. The first-order valence-corrected chi connectivity index (χ1v) is 8.19. The Labute approximate surface area is 150 Å². The fourth-order valence-corrected chi connectivity index (χ4v) is 2.71. The summed E-state index contributed by atoms with van der Waals surface area (Å²) in [5, 5.41) is 2.88. The van der Waals surface area contributed by atoms with Crippen LogP contribution in [0.5, 0.6) is 0 Å². The van der Waals surface area contributed by atoms with E-state index in [-0.39, 0.29) is 5.91 Å². The minimum atomic E-state index is -0.237. The molecular weight excluding hydrogens is 328 g/mol. The molecule has 0 aliphatic heterocycles. The summed E-state index contributed by atoms with van der Waals surface area (Å²) < 4.78 is 11.0. The summed E-state index contributed by atoms with van der Waals surface area (Å²) in [4.78, 5) is 16.7. The number of nitrogens with zero attached hydrogens (tertiary/aromatic N) is 1. The molecule has 128 valence electrons. The van der Waals surface area contributed by atoms with Gasteiger partial charge in [-0.1, -0.05) is 18.2 Å². The van der Waals surface area contributed by atoms with Crippen LogP contribution in [0.15, 0.2) is 75.8 Å². The Morgan fingerprint density at radius 2 is 1.96 bits per heavy atom. The summed E-state index contributed by atoms with van der Waals surface area (Å²) in [6, 6.07) is 16.8. The molecule has 0 fully saturated rings. The second kappa shape index (κ2) is 6.72. The monoisotopic (exact) mass is 344 g/mol. The third-order valence-electron chi connectivity index (χ3n) is 4.06. The molecule has 1 N–H and O–H groups in total. The lowest BCUT2D eigenvalue weighted by Gasteiger charge is -2.09. The van der Waals surface area contributed by atoms with E-state index in [1.54, 1.807) is 24.5 Å². The number of furan rings is 1. The molecule has 1 amide bonds. The van der Waals surface area contributed by atoms with E-state index in [0.29, 0.717) is 17.3 Å². The summed E-state index contributed by atoms with van der Waals surface area (Å²) >= 11 is 0. The molecule has 5 heteroatoms. The maximum atomic E-state index is 12.2. The SMILES string of the molecule is Cc1c(NC(=O)C=Cc2ccco2)cccc1-c1nc2ccccc2o1. The van der Waals surface area contributed by atoms with Crippen LogP contribution in [0.4, 0.5) is 5.69 Å². The Morgan fingerprint density at radius 1 is 1.08 bits per heavy atom. The minimum absolute atomic E-state index is 0.237. The molecule has 0 bridgehead atoms. The van der Waals surface area contributed by atoms with E-state index in [1.165, 1.54) is 6.08 Å². The number of anilines is 1. The van der Waals surface area contributed by atoms with Gasteiger partial charge in [-0.25, -0.2) is 4.98 Å². The van der Waals surface area contributed by atoms with E-state index in [0.717, 1.165) is 22.2 Å². The van der Waals surface area contributed by atoms with Crippen molar-refractivity contribution in [3.63, 3.8) is 0 Å². The number of hydrogen-bond donors (Lipinski definition) is 1. The Kier molecular flexibility index (Phi) is 4.11. The number of hydrogen-bond acceptors (Lipinski definition) is 4. The van der Waals surface area contributed by atoms with Gasteiger partial charge in [-0.2, -0.15) is 0 Å². The number of carbonyl (C=O) groups is 1. The van der Waals surface area contributed by atoms with Gasteiger partial charge in [0.1, 0.15) is 11.3 Å². The molecule has 0 atom stereocenters. The number of fused-ring (bicyclic) bond motifs is 1. The van der Waals surface area contributed by atoms with Crippen molar-refractivity contribution in [1.29, 1.82) is 0 Å². The highest BCUT2D eigenvalue weighted by Gasteiger charge is 2.13. The van der Waals surface area contributed by atoms with Crippen LogP contribution in [-0.2, 0) is 4.79 Å². The normalized spacial score (nSPS) is 11.3. The topological polar surface area (TPSA) is 68.3 Å². The Morgan fingerprint density at radius 3 is 2.77 bits per heavy atom. The number of benzene rings is 2. The largest absolute Gasteiger partial charge is 0.465 e. The standard InChI is InChI=1S/C21H16N2O3/c1-14-16(21-23-18-8-2-3-10-19(18)26-21)7-4-9-17(14)22-20(24)12-11-15-6-5-13-25-15/h2-13H,1H3,(H,22,24). The summed E-state index contributed by atoms with van der Waals surface area (Å²) in [6.45, 7) is 1.93. The van der Waals surface area contributed by atoms with Crippen LogP contribution in [0.1, 0.15) is 11.3 Å². The molecule has 0 saturated carbocycles. The highest BCUT2D eigenvalue weighted by atomic mass is 16.3. The van der Waals surface area contributed by atoms with Gasteiger partial charge in [0.15, 0.2) is 5.58 Å². The minimum Gasteiger partial charge on any atom is -0.465 e. The zero-order chi connectivity index (χ0) is 17.9. The molecule has 2 heterocycles. The van der Waals surface area contributed by atoms with Gasteiger partial charge >= 0.3 is 0 Å². The maximum absolute atomic E-state index is 12.2. The molecule has 4 aromatic rings. The number of para-hydroxylation sites is 2. The van der Waals surface area contributed by atoms with E-state index in [2.05, 4.69) is 10.3 Å². The Hall–Kier alpha value is -3.60. The Balaban J connectivity index is 1.60. The molecule has 0 aliphatic carbocycles. The molecule has 2 aromatic heterocycles. The molecule has 0 spiro atoms. The van der Waals surface area contributed by atoms with Crippen LogP contribution in [0.2, 0.25) is 0 Å². The lowest BCUT2D eigenvalue weighted by Crippen LogP contribution is -2.09. The van der Waals surface area contributed by atoms with Crippen LogP contribution in [-0.4, -0.2) is 10.9 Å². The second-order valence-electron chi connectivity index (χ2n) is 5.80. The summed E-state index contributed by atoms with van der Waals surface area (Å²) in [5.74, 6) is 0.919. The zero-order valence-corrected chi connectivity index (χ0v) is 14.1. The van der Waals surface area contributed by atoms with Gasteiger partial charge < -0.3 is 14.2 Å². The quantitative estimate of drug-likeness (QED) is 0.526. The van der Waals surface area contributed by atoms with Gasteiger partial charge in [0, 0.05) is 17.3 Å². The summed E-state index contributed by atoms with van der Waals surface area (Å²) in [7, 11) is 0. The van der Waals surface area contributed by atoms with Crippen LogP contribution >= 0.6 is 0 Å². The average molecular weight is 344 g/mol. The number of oxazole rings is 1. The molecule has 26 heavy (non-hydrogen) atoms. The van der Waals surface area contributed by atoms with Gasteiger partial charge in [0.05, 0.1) is 6.26 Å². The highest BCUT2D eigenvalue weighted by Crippen LogP contribution is 2.30. The predicted octanol–water partition coefficient (Wildman–Crippen LogP) is 5.05. The average Bonchev–Trinajstić information content (AvgIpc) is 3.31. The van der Waals surface area contributed by atoms with Crippen molar-refractivity contribution in [3.05, 3.63) is 78.3 Å². The van der Waals surface area contributed by atoms with E-state index in [4.69, 9.17) is 8.83 Å². The second-order valence-corrected chi connectivity index (χ2v) is 5.80. The predicted molar refractivity (Wildman–Crippen MR) is 101 cm³/mol. The zero-order valence-electron chi connectivity index (χ0n) is 14.1. The lowest BCUT2D eigenvalue weighted by atomic mass is 10.1. The van der Waals surface area contributed by atoms with Crippen molar-refractivity contribution in [3.8, 4) is 11.5 Å². The van der Waals surface area contributed by atoms with Gasteiger partial charge in [0.2, 0.25) is 11.8 Å². The van der Waals surface area contributed by atoms with Crippen LogP contribution in [0.25, 0.3) is 28.6 Å². The third kappa shape index (κ3) is 3.15. The first kappa shape index (κ1) is 15.9. The van der Waals surface area contributed by atoms with Crippen molar-refractivity contribution in [2.75, 3.05) is 5.32 Å². The van der Waals surface area contributed by atoms with Crippen LogP contribution in [0.3, 0.4) is 0 Å². The number of aromatic nitrogens is 1. The van der Waals surface area contributed by atoms with Crippen molar-refractivity contribution < 1.29 is 13.6 Å². The fraction of sp³-hybridized carbons (Fsp3) is 0.0476. The highest BCUT2D eigenvalue weighted by molar-refractivity contribution is 6.02. The van der Waals surface area contributed by atoms with E-state index in [1.807, 2.05) is 49.4 Å². The number of nitrogens with one attached hydrogen (secondary N) is 1. The lowest BCUT2D eigenvalue weighted by molar-refractivity contribution is -0.111. The van der Waals surface area contributed by atoms with Crippen molar-refractivity contribution in [2.45, 2.75) is 6.92 Å². The molecule has 0 aliphatic rings. The van der Waals surface area contributed by atoms with Gasteiger partial charge in [-0.3, -0.25) is 4.79 Å². The Bertz CT molecular complexity index is 1060. The smallest absolute Gasteiger partial charge is 0.248 e. The molecule has 2 aromatic carbocycles. The van der Waals surface area contributed by atoms with Gasteiger partial charge in [0.25, 0.3) is 0 Å².